The third-order valence-corrected chi connectivity index (χ3v) is 4.63. The number of carbonyl (C=O) groups is 1. The van der Waals surface area contributed by atoms with Gasteiger partial charge >= 0.3 is 0 Å². The van der Waals surface area contributed by atoms with Gasteiger partial charge in [0.2, 0.25) is 5.91 Å². The van der Waals surface area contributed by atoms with Gasteiger partial charge in [-0.25, -0.2) is 9.07 Å². The average molecular weight is 367 g/mol. The SMILES string of the molecule is O=C(Cn1nc(-c2ccc(F)cc2)c2ccccc2c1=O)N1CCOCC1. The molecule has 1 aliphatic heterocycles. The summed E-state index contributed by atoms with van der Waals surface area (Å²) in [5.41, 5.74) is 0.901. The quantitative estimate of drug-likeness (QED) is 0.711. The van der Waals surface area contributed by atoms with Gasteiger partial charge in [-0.15, -0.1) is 0 Å². The summed E-state index contributed by atoms with van der Waals surface area (Å²) in [6.07, 6.45) is 0. The molecule has 0 unspecified atom stereocenters. The zero-order valence-corrected chi connectivity index (χ0v) is 14.6. The topological polar surface area (TPSA) is 64.4 Å². The zero-order chi connectivity index (χ0) is 18.8. The number of ether oxygens (including phenoxy) is 1. The van der Waals surface area contributed by atoms with Crippen LogP contribution in [0.15, 0.2) is 53.3 Å². The summed E-state index contributed by atoms with van der Waals surface area (Å²) in [4.78, 5) is 27.1. The molecule has 1 saturated heterocycles. The number of amides is 1. The van der Waals surface area contributed by atoms with E-state index in [9.17, 15) is 14.0 Å². The molecule has 0 aliphatic carbocycles. The summed E-state index contributed by atoms with van der Waals surface area (Å²) in [5.74, 6) is -0.521. The fraction of sp³-hybridized carbons (Fsp3) is 0.250. The lowest BCUT2D eigenvalue weighted by Crippen LogP contribution is -2.43. The maximum Gasteiger partial charge on any atom is 0.275 e. The summed E-state index contributed by atoms with van der Waals surface area (Å²) in [6, 6.07) is 13.0. The first-order valence-electron chi connectivity index (χ1n) is 8.75. The molecule has 1 aromatic heterocycles. The van der Waals surface area contributed by atoms with Gasteiger partial charge in [0.05, 0.1) is 24.3 Å². The highest BCUT2D eigenvalue weighted by atomic mass is 19.1. The lowest BCUT2D eigenvalue weighted by atomic mass is 10.1. The standard InChI is InChI=1S/C20H18FN3O3/c21-15-7-5-14(6-8-15)19-16-3-1-2-4-17(16)20(26)24(22-19)13-18(25)23-9-11-27-12-10-23/h1-8H,9-13H2. The minimum absolute atomic E-state index is 0.141. The number of morpholine rings is 1. The van der Waals surface area contributed by atoms with Crippen LogP contribution in [0.4, 0.5) is 4.39 Å². The molecule has 2 heterocycles. The highest BCUT2D eigenvalue weighted by Crippen LogP contribution is 2.24. The number of halogens is 1. The maximum atomic E-state index is 13.3. The van der Waals surface area contributed by atoms with Gasteiger partial charge in [-0.3, -0.25) is 9.59 Å². The van der Waals surface area contributed by atoms with Crippen molar-refractivity contribution in [3.63, 3.8) is 0 Å². The first-order valence-corrected chi connectivity index (χ1v) is 8.75. The molecule has 0 bridgehead atoms. The second kappa shape index (κ2) is 7.28. The van der Waals surface area contributed by atoms with Gasteiger partial charge in [-0.1, -0.05) is 18.2 Å². The van der Waals surface area contributed by atoms with E-state index < -0.39 is 0 Å². The van der Waals surface area contributed by atoms with E-state index in [0.29, 0.717) is 48.3 Å². The first-order chi connectivity index (χ1) is 13.1. The Hall–Kier alpha value is -3.06. The van der Waals surface area contributed by atoms with E-state index in [-0.39, 0.29) is 23.8 Å². The molecular weight excluding hydrogens is 349 g/mol. The molecule has 3 aromatic rings. The van der Waals surface area contributed by atoms with Gasteiger partial charge in [-0.2, -0.15) is 5.10 Å². The molecule has 1 amide bonds. The number of rotatable bonds is 3. The predicted octanol–water partition coefficient (Wildman–Crippen LogP) is 2.06. The van der Waals surface area contributed by atoms with E-state index in [0.717, 1.165) is 0 Å². The Balaban J connectivity index is 1.79. The van der Waals surface area contributed by atoms with E-state index in [1.165, 1.54) is 16.8 Å². The van der Waals surface area contributed by atoms with E-state index in [1.54, 1.807) is 35.2 Å². The molecule has 0 radical (unpaired) electrons. The van der Waals surface area contributed by atoms with Crippen molar-refractivity contribution in [1.29, 1.82) is 0 Å². The number of carbonyl (C=O) groups excluding carboxylic acids is 1. The van der Waals surface area contributed by atoms with Gasteiger partial charge in [0.25, 0.3) is 5.56 Å². The van der Waals surface area contributed by atoms with Crippen molar-refractivity contribution in [2.75, 3.05) is 26.3 Å². The van der Waals surface area contributed by atoms with Crippen molar-refractivity contribution in [2.45, 2.75) is 6.54 Å². The summed E-state index contributed by atoms with van der Waals surface area (Å²) in [6.45, 7) is 1.86. The third-order valence-electron chi connectivity index (χ3n) is 4.63. The molecule has 27 heavy (non-hydrogen) atoms. The minimum atomic E-state index is -0.348. The summed E-state index contributed by atoms with van der Waals surface area (Å²) in [5, 5.41) is 5.58. The number of aromatic nitrogens is 2. The van der Waals surface area contributed by atoms with Crippen molar-refractivity contribution in [1.82, 2.24) is 14.7 Å². The lowest BCUT2D eigenvalue weighted by molar-refractivity contribution is -0.136. The number of hydrogen-bond acceptors (Lipinski definition) is 4. The van der Waals surface area contributed by atoms with Crippen LogP contribution >= 0.6 is 0 Å². The van der Waals surface area contributed by atoms with Gasteiger partial charge in [0, 0.05) is 24.0 Å². The summed E-state index contributed by atoms with van der Waals surface area (Å²) < 4.78 is 19.8. The molecule has 0 saturated carbocycles. The molecule has 1 fully saturated rings. The van der Waals surface area contributed by atoms with Crippen LogP contribution in [0.3, 0.4) is 0 Å². The van der Waals surface area contributed by atoms with Crippen molar-refractivity contribution in [2.24, 2.45) is 0 Å². The minimum Gasteiger partial charge on any atom is -0.378 e. The van der Waals surface area contributed by atoms with Crippen LogP contribution in [0.25, 0.3) is 22.0 Å². The molecule has 2 aromatic carbocycles. The van der Waals surface area contributed by atoms with E-state index >= 15 is 0 Å². The van der Waals surface area contributed by atoms with Crippen molar-refractivity contribution in [3.8, 4) is 11.3 Å². The smallest absolute Gasteiger partial charge is 0.275 e. The molecule has 7 heteroatoms. The molecule has 4 rings (SSSR count). The molecule has 6 nitrogen and oxygen atoms in total. The number of nitrogens with zero attached hydrogens (tertiary/aromatic N) is 3. The highest BCUT2D eigenvalue weighted by Gasteiger charge is 2.20. The fourth-order valence-corrected chi connectivity index (χ4v) is 3.20. The highest BCUT2D eigenvalue weighted by molar-refractivity contribution is 5.93. The molecule has 0 N–H and O–H groups in total. The molecule has 0 spiro atoms. The van der Waals surface area contributed by atoms with Gasteiger partial charge < -0.3 is 9.64 Å². The Kier molecular flexibility index (Phi) is 4.68. The Morgan fingerprint density at radius 2 is 1.70 bits per heavy atom. The van der Waals surface area contributed by atoms with E-state index in [4.69, 9.17) is 4.74 Å². The lowest BCUT2D eigenvalue weighted by Gasteiger charge is -2.27. The Bertz CT molecular complexity index is 1040. The van der Waals surface area contributed by atoms with Crippen LogP contribution in [0.2, 0.25) is 0 Å². The number of hydrogen-bond donors (Lipinski definition) is 0. The van der Waals surface area contributed by atoms with Crippen LogP contribution < -0.4 is 5.56 Å². The fourth-order valence-electron chi connectivity index (χ4n) is 3.20. The molecular formula is C20H18FN3O3. The van der Waals surface area contributed by atoms with Crippen molar-refractivity contribution < 1.29 is 13.9 Å². The van der Waals surface area contributed by atoms with Crippen LogP contribution in [-0.2, 0) is 16.1 Å². The summed E-state index contributed by atoms with van der Waals surface area (Å²) in [7, 11) is 0. The number of benzene rings is 2. The normalized spacial score (nSPS) is 14.5. The van der Waals surface area contributed by atoms with Crippen LogP contribution in [0.5, 0.6) is 0 Å². The van der Waals surface area contributed by atoms with Crippen LogP contribution in [0, 0.1) is 5.82 Å². The maximum absolute atomic E-state index is 13.3. The van der Waals surface area contributed by atoms with Crippen molar-refractivity contribution >= 4 is 16.7 Å². The van der Waals surface area contributed by atoms with Gasteiger partial charge in [-0.05, 0) is 30.3 Å². The first kappa shape index (κ1) is 17.4. The Morgan fingerprint density at radius 3 is 2.41 bits per heavy atom. The molecule has 0 atom stereocenters. The molecule has 138 valence electrons. The zero-order valence-electron chi connectivity index (χ0n) is 14.6. The van der Waals surface area contributed by atoms with Crippen LogP contribution in [-0.4, -0.2) is 46.9 Å². The van der Waals surface area contributed by atoms with Crippen LogP contribution in [0.1, 0.15) is 0 Å². The largest absolute Gasteiger partial charge is 0.378 e. The van der Waals surface area contributed by atoms with Gasteiger partial charge in [0.15, 0.2) is 0 Å². The Labute approximate surface area is 154 Å². The van der Waals surface area contributed by atoms with E-state index in [2.05, 4.69) is 5.10 Å². The second-order valence-electron chi connectivity index (χ2n) is 6.36. The monoisotopic (exact) mass is 367 g/mol. The van der Waals surface area contributed by atoms with Gasteiger partial charge in [0.1, 0.15) is 12.4 Å². The van der Waals surface area contributed by atoms with E-state index in [1.807, 2.05) is 6.07 Å². The Morgan fingerprint density at radius 1 is 1.04 bits per heavy atom. The average Bonchev–Trinajstić information content (AvgIpc) is 2.71. The second-order valence-corrected chi connectivity index (χ2v) is 6.36. The van der Waals surface area contributed by atoms with Crippen molar-refractivity contribution in [3.05, 3.63) is 64.7 Å². The predicted molar refractivity (Wildman–Crippen MR) is 98.8 cm³/mol. The molecule has 1 aliphatic rings. The number of fused-ring (bicyclic) bond motifs is 1. The third kappa shape index (κ3) is 3.46. The summed E-state index contributed by atoms with van der Waals surface area (Å²) >= 11 is 0.